The molecule has 0 aliphatic carbocycles. The molecule has 0 unspecified atom stereocenters. The second-order valence-corrected chi connectivity index (χ2v) is 4.03. The van der Waals surface area contributed by atoms with Crippen molar-refractivity contribution in [3.05, 3.63) is 42.5 Å². The Morgan fingerprint density at radius 2 is 2.19 bits per heavy atom. The molecule has 0 aliphatic rings. The van der Waals surface area contributed by atoms with Gasteiger partial charge in [0.05, 0.1) is 5.03 Å². The molecule has 3 N–H and O–H groups in total. The molecule has 0 aromatic carbocycles. The van der Waals surface area contributed by atoms with E-state index >= 15 is 0 Å². The Kier molecular flexibility index (Phi) is 3.68. The van der Waals surface area contributed by atoms with Gasteiger partial charge in [0.15, 0.2) is 0 Å². The van der Waals surface area contributed by atoms with Crippen molar-refractivity contribution in [3.8, 4) is 0 Å². The molecule has 0 amide bonds. The maximum absolute atomic E-state index is 5.23. The van der Waals surface area contributed by atoms with Crippen LogP contribution in [0.3, 0.4) is 0 Å². The van der Waals surface area contributed by atoms with E-state index in [2.05, 4.69) is 20.4 Å². The smallest absolute Gasteiger partial charge is 0.139 e. The number of anilines is 1. The second kappa shape index (κ2) is 5.43. The fourth-order valence-electron chi connectivity index (χ4n) is 1.12. The van der Waals surface area contributed by atoms with Crippen LogP contribution in [0.5, 0.6) is 0 Å². The van der Waals surface area contributed by atoms with E-state index in [4.69, 9.17) is 5.84 Å². The van der Waals surface area contributed by atoms with E-state index in [1.165, 1.54) is 0 Å². The number of hydrogen-bond donors (Lipinski definition) is 2. The summed E-state index contributed by atoms with van der Waals surface area (Å²) in [6, 6.07) is 5.71. The van der Waals surface area contributed by atoms with Crippen LogP contribution in [0.4, 0.5) is 5.82 Å². The minimum absolute atomic E-state index is 0.663. The van der Waals surface area contributed by atoms with Crippen LogP contribution in [0.15, 0.2) is 41.9 Å². The SMILES string of the molecule is NNc1ccc(CSc2ccncn2)cn1. The first-order chi connectivity index (χ1) is 7.88. The van der Waals surface area contributed by atoms with Gasteiger partial charge in [-0.1, -0.05) is 6.07 Å². The summed E-state index contributed by atoms with van der Waals surface area (Å²) >= 11 is 1.64. The van der Waals surface area contributed by atoms with E-state index in [1.54, 1.807) is 30.5 Å². The van der Waals surface area contributed by atoms with E-state index in [9.17, 15) is 0 Å². The number of nitrogens with one attached hydrogen (secondary N) is 1. The van der Waals surface area contributed by atoms with Crippen molar-refractivity contribution in [2.24, 2.45) is 5.84 Å². The molecule has 82 valence electrons. The molecule has 0 saturated heterocycles. The van der Waals surface area contributed by atoms with Crippen molar-refractivity contribution >= 4 is 17.6 Å². The third-order valence-electron chi connectivity index (χ3n) is 1.91. The van der Waals surface area contributed by atoms with Crippen molar-refractivity contribution in [3.63, 3.8) is 0 Å². The average Bonchev–Trinajstić information content (AvgIpc) is 2.38. The first-order valence-electron chi connectivity index (χ1n) is 4.69. The monoisotopic (exact) mass is 233 g/mol. The molecule has 6 heteroatoms. The Labute approximate surface area is 97.5 Å². The molecular weight excluding hydrogens is 222 g/mol. The molecule has 2 aromatic heterocycles. The van der Waals surface area contributed by atoms with E-state index < -0.39 is 0 Å². The fraction of sp³-hybridized carbons (Fsp3) is 0.100. The van der Waals surface area contributed by atoms with Gasteiger partial charge in [0.25, 0.3) is 0 Å². The Bertz CT molecular complexity index is 431. The van der Waals surface area contributed by atoms with Crippen LogP contribution in [-0.2, 0) is 5.75 Å². The van der Waals surface area contributed by atoms with Gasteiger partial charge in [-0.3, -0.25) is 0 Å². The molecule has 2 rings (SSSR count). The van der Waals surface area contributed by atoms with E-state index in [1.807, 2.05) is 18.2 Å². The zero-order chi connectivity index (χ0) is 11.2. The summed E-state index contributed by atoms with van der Waals surface area (Å²) < 4.78 is 0. The van der Waals surface area contributed by atoms with Crippen molar-refractivity contribution in [2.75, 3.05) is 5.43 Å². The van der Waals surface area contributed by atoms with Crippen LogP contribution in [0, 0.1) is 0 Å². The standard InChI is InChI=1S/C10H11N5S/c11-15-9-2-1-8(5-13-9)6-16-10-3-4-12-7-14-10/h1-5,7H,6,11H2,(H,13,15). The fourth-order valence-corrected chi connectivity index (χ4v) is 1.88. The normalized spacial score (nSPS) is 10.1. The summed E-state index contributed by atoms with van der Waals surface area (Å²) in [5.74, 6) is 6.72. The lowest BCUT2D eigenvalue weighted by Gasteiger charge is -2.02. The number of nitrogens with two attached hydrogens (primary N) is 1. The van der Waals surface area contributed by atoms with Gasteiger partial charge in [-0.2, -0.15) is 0 Å². The molecule has 0 fully saturated rings. The van der Waals surface area contributed by atoms with E-state index in [0.717, 1.165) is 16.3 Å². The summed E-state index contributed by atoms with van der Waals surface area (Å²) in [5.41, 5.74) is 3.62. The summed E-state index contributed by atoms with van der Waals surface area (Å²) in [5, 5.41) is 0.955. The number of aromatic nitrogens is 3. The number of hydrazine groups is 1. The number of rotatable bonds is 4. The molecular formula is C10H11N5S. The van der Waals surface area contributed by atoms with Gasteiger partial charge in [0.2, 0.25) is 0 Å². The van der Waals surface area contributed by atoms with Crippen LogP contribution in [0.2, 0.25) is 0 Å². The molecule has 0 saturated carbocycles. The van der Waals surface area contributed by atoms with Crippen molar-refractivity contribution < 1.29 is 0 Å². The predicted molar refractivity (Wildman–Crippen MR) is 63.6 cm³/mol. The molecule has 0 atom stereocenters. The van der Waals surface area contributed by atoms with E-state index in [0.29, 0.717) is 5.82 Å². The lowest BCUT2D eigenvalue weighted by molar-refractivity contribution is 1.05. The Morgan fingerprint density at radius 3 is 2.81 bits per heavy atom. The molecule has 2 aromatic rings. The molecule has 0 spiro atoms. The van der Waals surface area contributed by atoms with Gasteiger partial charge in [-0.25, -0.2) is 20.8 Å². The average molecular weight is 233 g/mol. The highest BCUT2D eigenvalue weighted by molar-refractivity contribution is 7.98. The minimum Gasteiger partial charge on any atom is -0.308 e. The maximum atomic E-state index is 5.23. The maximum Gasteiger partial charge on any atom is 0.139 e. The summed E-state index contributed by atoms with van der Waals surface area (Å²) in [4.78, 5) is 12.1. The quantitative estimate of drug-likeness (QED) is 0.360. The van der Waals surface area contributed by atoms with Crippen LogP contribution in [0.1, 0.15) is 5.56 Å². The topological polar surface area (TPSA) is 76.7 Å². The number of nitrogens with zero attached hydrogens (tertiary/aromatic N) is 3. The number of hydrogen-bond acceptors (Lipinski definition) is 6. The zero-order valence-corrected chi connectivity index (χ0v) is 9.31. The van der Waals surface area contributed by atoms with Gasteiger partial charge >= 0.3 is 0 Å². The van der Waals surface area contributed by atoms with Crippen LogP contribution in [-0.4, -0.2) is 15.0 Å². The summed E-state index contributed by atoms with van der Waals surface area (Å²) in [6.45, 7) is 0. The van der Waals surface area contributed by atoms with Crippen molar-refractivity contribution in [1.82, 2.24) is 15.0 Å². The number of pyridine rings is 1. The Morgan fingerprint density at radius 1 is 1.25 bits per heavy atom. The summed E-state index contributed by atoms with van der Waals surface area (Å²) in [6.07, 6.45) is 5.07. The lowest BCUT2D eigenvalue weighted by atomic mass is 10.3. The summed E-state index contributed by atoms with van der Waals surface area (Å²) in [7, 11) is 0. The highest BCUT2D eigenvalue weighted by Crippen LogP contribution is 2.19. The van der Waals surface area contributed by atoms with Crippen molar-refractivity contribution in [2.45, 2.75) is 10.8 Å². The lowest BCUT2D eigenvalue weighted by Crippen LogP contribution is -2.08. The van der Waals surface area contributed by atoms with Gasteiger partial charge in [-0.05, 0) is 17.7 Å². The van der Waals surface area contributed by atoms with Gasteiger partial charge < -0.3 is 5.43 Å². The number of thioether (sulfide) groups is 1. The first kappa shape index (κ1) is 10.8. The highest BCUT2D eigenvalue weighted by Gasteiger charge is 1.98. The Hall–Kier alpha value is -1.66. The first-order valence-corrected chi connectivity index (χ1v) is 5.67. The minimum atomic E-state index is 0.663. The predicted octanol–water partition coefficient (Wildman–Crippen LogP) is 1.45. The van der Waals surface area contributed by atoms with Gasteiger partial charge in [-0.15, -0.1) is 11.8 Å². The van der Waals surface area contributed by atoms with Gasteiger partial charge in [0, 0.05) is 18.1 Å². The largest absolute Gasteiger partial charge is 0.308 e. The molecule has 0 aliphatic heterocycles. The van der Waals surface area contributed by atoms with Crippen molar-refractivity contribution in [1.29, 1.82) is 0 Å². The molecule has 5 nitrogen and oxygen atoms in total. The van der Waals surface area contributed by atoms with Crippen LogP contribution < -0.4 is 11.3 Å². The third kappa shape index (κ3) is 2.91. The van der Waals surface area contributed by atoms with Crippen LogP contribution >= 0.6 is 11.8 Å². The third-order valence-corrected chi connectivity index (χ3v) is 2.93. The molecule has 0 bridgehead atoms. The molecule has 0 radical (unpaired) electrons. The molecule has 2 heterocycles. The Balaban J connectivity index is 1.94. The zero-order valence-electron chi connectivity index (χ0n) is 8.50. The number of nitrogen functional groups attached to an aromatic ring is 1. The second-order valence-electron chi connectivity index (χ2n) is 3.03. The van der Waals surface area contributed by atoms with E-state index in [-0.39, 0.29) is 0 Å². The van der Waals surface area contributed by atoms with Crippen LogP contribution in [0.25, 0.3) is 0 Å². The van der Waals surface area contributed by atoms with Gasteiger partial charge in [0.1, 0.15) is 12.1 Å². The molecule has 16 heavy (non-hydrogen) atoms. The highest BCUT2D eigenvalue weighted by atomic mass is 32.2.